The quantitative estimate of drug-likeness (QED) is 0.599. The number of anilines is 1. The molecule has 2 aromatic heterocycles. The Bertz CT molecular complexity index is 759. The molecule has 1 aliphatic rings. The SMILES string of the molecule is CCOC(=O)c1c(C)oc2ncnc(NCCCN3CCC[C@@H](C)C3)c12. The minimum Gasteiger partial charge on any atom is -0.462 e. The molecule has 0 saturated carbocycles. The van der Waals surface area contributed by atoms with Crippen molar-refractivity contribution in [2.75, 3.05) is 38.1 Å². The summed E-state index contributed by atoms with van der Waals surface area (Å²) < 4.78 is 10.8. The molecule has 0 amide bonds. The molecule has 1 fully saturated rings. The molecule has 3 heterocycles. The Kier molecular flexibility index (Phi) is 6.08. The van der Waals surface area contributed by atoms with E-state index in [1.54, 1.807) is 13.8 Å². The normalized spacial score (nSPS) is 18.2. The van der Waals surface area contributed by atoms with Crippen LogP contribution in [0, 0.1) is 12.8 Å². The number of aromatic nitrogens is 2. The molecule has 0 bridgehead atoms. The molecule has 0 unspecified atom stereocenters. The van der Waals surface area contributed by atoms with Crippen molar-refractivity contribution in [3.05, 3.63) is 17.7 Å². The highest BCUT2D eigenvalue weighted by atomic mass is 16.5. The first-order valence-corrected chi connectivity index (χ1v) is 9.47. The number of carbonyl (C=O) groups is 1. The number of carbonyl (C=O) groups excluding carboxylic acids is 1. The van der Waals surface area contributed by atoms with Crippen LogP contribution >= 0.6 is 0 Å². The van der Waals surface area contributed by atoms with Gasteiger partial charge in [-0.1, -0.05) is 6.92 Å². The predicted octanol–water partition coefficient (Wildman–Crippen LogP) is 3.24. The zero-order valence-electron chi connectivity index (χ0n) is 15.9. The summed E-state index contributed by atoms with van der Waals surface area (Å²) in [6.07, 6.45) is 5.10. The lowest BCUT2D eigenvalue weighted by Crippen LogP contribution is -2.35. The molecule has 7 heteroatoms. The maximum atomic E-state index is 12.3. The van der Waals surface area contributed by atoms with E-state index in [1.807, 2.05) is 0 Å². The van der Waals surface area contributed by atoms with Crippen LogP contribution in [-0.2, 0) is 4.74 Å². The van der Waals surface area contributed by atoms with Gasteiger partial charge in [-0.15, -0.1) is 0 Å². The first-order chi connectivity index (χ1) is 12.6. The highest BCUT2D eigenvalue weighted by molar-refractivity contribution is 6.07. The average Bonchev–Trinajstić information content (AvgIpc) is 2.95. The summed E-state index contributed by atoms with van der Waals surface area (Å²) in [6.45, 7) is 10.4. The lowest BCUT2D eigenvalue weighted by atomic mass is 10.0. The maximum absolute atomic E-state index is 12.3. The standard InChI is InChI=1S/C19H28N4O3/c1-4-25-19(24)15-14(3)26-18-16(15)17(21-12-22-18)20-8-6-10-23-9-5-7-13(2)11-23/h12-13H,4-11H2,1-3H3,(H,20,21,22)/t13-/m1/s1. The van der Waals surface area contributed by atoms with E-state index < -0.39 is 5.97 Å². The highest BCUT2D eigenvalue weighted by Gasteiger charge is 2.23. The second-order valence-corrected chi connectivity index (χ2v) is 6.98. The van der Waals surface area contributed by atoms with Gasteiger partial charge in [-0.2, -0.15) is 0 Å². The zero-order valence-corrected chi connectivity index (χ0v) is 15.9. The molecule has 0 spiro atoms. The Morgan fingerprint density at radius 3 is 3.08 bits per heavy atom. The van der Waals surface area contributed by atoms with Gasteiger partial charge < -0.3 is 19.4 Å². The van der Waals surface area contributed by atoms with Crippen LogP contribution < -0.4 is 5.32 Å². The van der Waals surface area contributed by atoms with Crippen molar-refractivity contribution >= 4 is 22.9 Å². The number of ether oxygens (including phenoxy) is 1. The van der Waals surface area contributed by atoms with E-state index in [2.05, 4.69) is 27.1 Å². The molecule has 1 saturated heterocycles. The van der Waals surface area contributed by atoms with Gasteiger partial charge in [0, 0.05) is 13.1 Å². The first-order valence-electron chi connectivity index (χ1n) is 9.47. The topological polar surface area (TPSA) is 80.5 Å². The molecule has 3 rings (SSSR count). The second-order valence-electron chi connectivity index (χ2n) is 6.98. The van der Waals surface area contributed by atoms with Gasteiger partial charge in [-0.05, 0) is 52.1 Å². The summed E-state index contributed by atoms with van der Waals surface area (Å²) in [4.78, 5) is 23.3. The molecule has 2 aromatic rings. The van der Waals surface area contributed by atoms with Crippen LogP contribution in [0.3, 0.4) is 0 Å². The summed E-state index contributed by atoms with van der Waals surface area (Å²) in [7, 11) is 0. The summed E-state index contributed by atoms with van der Waals surface area (Å²) in [5.41, 5.74) is 0.822. The largest absolute Gasteiger partial charge is 0.462 e. The third-order valence-corrected chi connectivity index (χ3v) is 4.83. The molecular formula is C19H28N4O3. The third kappa shape index (κ3) is 4.15. The Morgan fingerprint density at radius 2 is 2.31 bits per heavy atom. The van der Waals surface area contributed by atoms with E-state index in [1.165, 1.54) is 32.3 Å². The predicted molar refractivity (Wildman–Crippen MR) is 100 cm³/mol. The Hall–Kier alpha value is -2.15. The number of furan rings is 1. The van der Waals surface area contributed by atoms with Crippen LogP contribution in [0.15, 0.2) is 10.7 Å². The number of fused-ring (bicyclic) bond motifs is 1. The number of nitrogens with zero attached hydrogens (tertiary/aromatic N) is 3. The molecule has 0 radical (unpaired) electrons. The fraction of sp³-hybridized carbons (Fsp3) is 0.632. The molecule has 26 heavy (non-hydrogen) atoms. The Morgan fingerprint density at radius 1 is 1.46 bits per heavy atom. The summed E-state index contributed by atoms with van der Waals surface area (Å²) in [6, 6.07) is 0. The van der Waals surface area contributed by atoms with Crippen LogP contribution in [0.4, 0.5) is 5.82 Å². The molecule has 0 aliphatic carbocycles. The number of nitrogens with one attached hydrogen (secondary N) is 1. The minimum absolute atomic E-state index is 0.315. The summed E-state index contributed by atoms with van der Waals surface area (Å²) in [5, 5.41) is 3.95. The van der Waals surface area contributed by atoms with Crippen molar-refractivity contribution in [1.29, 1.82) is 0 Å². The first kappa shape index (κ1) is 18.6. The number of esters is 1. The smallest absolute Gasteiger partial charge is 0.342 e. The van der Waals surface area contributed by atoms with Gasteiger partial charge in [0.25, 0.3) is 0 Å². The van der Waals surface area contributed by atoms with Gasteiger partial charge in [-0.25, -0.2) is 14.8 Å². The van der Waals surface area contributed by atoms with Crippen molar-refractivity contribution in [2.45, 2.75) is 40.0 Å². The number of aryl methyl sites for hydroxylation is 1. The van der Waals surface area contributed by atoms with Gasteiger partial charge in [0.1, 0.15) is 23.5 Å². The van der Waals surface area contributed by atoms with Crippen molar-refractivity contribution in [3.63, 3.8) is 0 Å². The monoisotopic (exact) mass is 360 g/mol. The third-order valence-electron chi connectivity index (χ3n) is 4.83. The van der Waals surface area contributed by atoms with Crippen LogP contribution in [0.5, 0.6) is 0 Å². The van der Waals surface area contributed by atoms with Crippen LogP contribution in [0.2, 0.25) is 0 Å². The molecule has 1 atom stereocenters. The fourth-order valence-electron chi connectivity index (χ4n) is 3.63. The van der Waals surface area contributed by atoms with E-state index >= 15 is 0 Å². The fourth-order valence-corrected chi connectivity index (χ4v) is 3.63. The number of hydrogen-bond acceptors (Lipinski definition) is 7. The molecule has 1 aliphatic heterocycles. The van der Waals surface area contributed by atoms with E-state index in [0.717, 1.165) is 25.4 Å². The Labute approximate surface area is 154 Å². The number of hydrogen-bond donors (Lipinski definition) is 1. The lowest BCUT2D eigenvalue weighted by molar-refractivity contribution is 0.0526. The molecular weight excluding hydrogens is 332 g/mol. The number of likely N-dealkylation sites (tertiary alicyclic amines) is 1. The molecule has 7 nitrogen and oxygen atoms in total. The molecule has 142 valence electrons. The van der Waals surface area contributed by atoms with Gasteiger partial charge in [0.2, 0.25) is 5.71 Å². The van der Waals surface area contributed by atoms with E-state index in [9.17, 15) is 4.79 Å². The van der Waals surface area contributed by atoms with Gasteiger partial charge in [0.15, 0.2) is 0 Å². The van der Waals surface area contributed by atoms with Crippen LogP contribution in [0.1, 0.15) is 49.2 Å². The van der Waals surface area contributed by atoms with Gasteiger partial charge >= 0.3 is 5.97 Å². The zero-order chi connectivity index (χ0) is 18.5. The van der Waals surface area contributed by atoms with Crippen molar-refractivity contribution in [2.24, 2.45) is 5.92 Å². The van der Waals surface area contributed by atoms with Crippen molar-refractivity contribution in [1.82, 2.24) is 14.9 Å². The van der Waals surface area contributed by atoms with Crippen LogP contribution in [0.25, 0.3) is 11.1 Å². The number of piperidine rings is 1. The maximum Gasteiger partial charge on any atom is 0.342 e. The molecule has 0 aromatic carbocycles. The van der Waals surface area contributed by atoms with Crippen molar-refractivity contribution < 1.29 is 13.9 Å². The second kappa shape index (κ2) is 8.49. The van der Waals surface area contributed by atoms with Gasteiger partial charge in [-0.3, -0.25) is 0 Å². The average molecular weight is 360 g/mol. The minimum atomic E-state index is -0.399. The number of rotatable bonds is 7. The lowest BCUT2D eigenvalue weighted by Gasteiger charge is -2.30. The van der Waals surface area contributed by atoms with Gasteiger partial charge in [0.05, 0.1) is 12.0 Å². The van der Waals surface area contributed by atoms with Crippen molar-refractivity contribution in [3.8, 4) is 0 Å². The van der Waals surface area contributed by atoms with E-state index in [0.29, 0.717) is 34.8 Å². The van der Waals surface area contributed by atoms with E-state index in [-0.39, 0.29) is 0 Å². The summed E-state index contributed by atoms with van der Waals surface area (Å²) >= 11 is 0. The Balaban J connectivity index is 1.66. The summed E-state index contributed by atoms with van der Waals surface area (Å²) in [5.74, 6) is 1.52. The molecule has 1 N–H and O–H groups in total. The highest BCUT2D eigenvalue weighted by Crippen LogP contribution is 2.29. The van der Waals surface area contributed by atoms with Crippen LogP contribution in [-0.4, -0.2) is 53.6 Å². The van der Waals surface area contributed by atoms with E-state index in [4.69, 9.17) is 9.15 Å².